The van der Waals surface area contributed by atoms with Gasteiger partial charge in [0.15, 0.2) is 5.69 Å². The minimum Gasteiger partial charge on any atom is -0.491 e. The lowest BCUT2D eigenvalue weighted by Crippen LogP contribution is -2.16. The Morgan fingerprint density at radius 2 is 2.23 bits per heavy atom. The van der Waals surface area contributed by atoms with Gasteiger partial charge in [-0.15, -0.1) is 11.3 Å². The number of anilines is 1. The molecule has 0 radical (unpaired) electrons. The van der Waals surface area contributed by atoms with Gasteiger partial charge >= 0.3 is 0 Å². The van der Waals surface area contributed by atoms with Gasteiger partial charge in [-0.25, -0.2) is 0 Å². The summed E-state index contributed by atoms with van der Waals surface area (Å²) in [4.78, 5) is 13.4. The van der Waals surface area contributed by atoms with Gasteiger partial charge in [0.1, 0.15) is 12.4 Å². The number of aromatic nitrogens is 2. The number of H-pyrrole nitrogens is 1. The van der Waals surface area contributed by atoms with Crippen molar-refractivity contribution < 1.29 is 14.3 Å². The molecule has 4 rings (SSSR count). The molecule has 0 bridgehead atoms. The Morgan fingerprint density at radius 3 is 2.96 bits per heavy atom. The first-order valence-electron chi connectivity index (χ1n) is 8.53. The molecule has 0 saturated carbocycles. The van der Waals surface area contributed by atoms with Crippen LogP contribution >= 0.6 is 11.3 Å². The number of hydrogen-bond donors (Lipinski definition) is 2. The molecule has 0 spiro atoms. The zero-order valence-electron chi connectivity index (χ0n) is 14.1. The number of ether oxygens (including phenoxy) is 2. The maximum absolute atomic E-state index is 12.3. The van der Waals surface area contributed by atoms with Crippen molar-refractivity contribution in [1.82, 2.24) is 10.2 Å². The number of amides is 1. The Bertz CT molecular complexity index is 853. The van der Waals surface area contributed by atoms with Crippen LogP contribution in [0, 0.1) is 0 Å². The molecule has 1 fully saturated rings. The van der Waals surface area contributed by atoms with Gasteiger partial charge in [0.05, 0.1) is 16.7 Å². The number of carbonyl (C=O) groups is 1. The van der Waals surface area contributed by atoms with Gasteiger partial charge in [-0.1, -0.05) is 6.07 Å². The van der Waals surface area contributed by atoms with Crippen LogP contribution in [0.5, 0.6) is 5.75 Å². The van der Waals surface area contributed by atoms with E-state index in [2.05, 4.69) is 15.5 Å². The first kappa shape index (κ1) is 16.8. The standard InChI is InChI=1S/C19H19N3O3S/c23-19(17-11-16(21-22-17)18-4-2-10-26-18)20-13-5-7-14(8-6-13)25-12-15-3-1-9-24-15/h2,4-8,10-11,15H,1,3,9,12H2,(H,20,23)(H,21,22). The number of carbonyl (C=O) groups excluding carboxylic acids is 1. The molecule has 134 valence electrons. The van der Waals surface area contributed by atoms with E-state index in [-0.39, 0.29) is 12.0 Å². The van der Waals surface area contributed by atoms with Crippen molar-refractivity contribution in [3.8, 4) is 16.3 Å². The van der Waals surface area contributed by atoms with Crippen LogP contribution in [-0.2, 0) is 4.74 Å². The highest BCUT2D eigenvalue weighted by Gasteiger charge is 2.16. The second kappa shape index (κ2) is 7.72. The molecular weight excluding hydrogens is 350 g/mol. The van der Waals surface area contributed by atoms with E-state index in [9.17, 15) is 4.79 Å². The van der Waals surface area contributed by atoms with E-state index in [0.29, 0.717) is 18.0 Å². The summed E-state index contributed by atoms with van der Waals surface area (Å²) >= 11 is 1.59. The van der Waals surface area contributed by atoms with Gasteiger partial charge in [0.2, 0.25) is 0 Å². The largest absolute Gasteiger partial charge is 0.491 e. The third-order valence-corrected chi connectivity index (χ3v) is 5.07. The van der Waals surface area contributed by atoms with Gasteiger partial charge in [-0.2, -0.15) is 5.10 Å². The smallest absolute Gasteiger partial charge is 0.276 e. The first-order valence-corrected chi connectivity index (χ1v) is 9.41. The summed E-state index contributed by atoms with van der Waals surface area (Å²) in [5.41, 5.74) is 1.88. The van der Waals surface area contributed by atoms with Crippen LogP contribution in [0.4, 0.5) is 5.69 Å². The number of hydrogen-bond acceptors (Lipinski definition) is 5. The minimum absolute atomic E-state index is 0.187. The molecule has 1 aromatic carbocycles. The zero-order chi connectivity index (χ0) is 17.8. The monoisotopic (exact) mass is 369 g/mol. The highest BCUT2D eigenvalue weighted by Crippen LogP contribution is 2.23. The van der Waals surface area contributed by atoms with Crippen molar-refractivity contribution in [2.24, 2.45) is 0 Å². The average Bonchev–Trinajstić information content (AvgIpc) is 3.43. The van der Waals surface area contributed by atoms with Crippen LogP contribution in [-0.4, -0.2) is 35.4 Å². The van der Waals surface area contributed by atoms with Gasteiger partial charge in [-0.05, 0) is 54.6 Å². The Morgan fingerprint density at radius 1 is 1.35 bits per heavy atom. The minimum atomic E-state index is -0.253. The Kier molecular flexibility index (Phi) is 4.99. The number of nitrogens with one attached hydrogen (secondary N) is 2. The van der Waals surface area contributed by atoms with Crippen LogP contribution in [0.3, 0.4) is 0 Å². The summed E-state index contributed by atoms with van der Waals surface area (Å²) in [6.07, 6.45) is 2.33. The average molecular weight is 369 g/mol. The van der Waals surface area contributed by atoms with Crippen molar-refractivity contribution in [1.29, 1.82) is 0 Å². The second-order valence-electron chi connectivity index (χ2n) is 6.07. The summed E-state index contributed by atoms with van der Waals surface area (Å²) in [5.74, 6) is 0.510. The lowest BCUT2D eigenvalue weighted by atomic mass is 10.2. The van der Waals surface area contributed by atoms with Gasteiger partial charge < -0.3 is 14.8 Å². The van der Waals surface area contributed by atoms with E-state index >= 15 is 0 Å². The third kappa shape index (κ3) is 3.95. The van der Waals surface area contributed by atoms with E-state index in [4.69, 9.17) is 9.47 Å². The van der Waals surface area contributed by atoms with Crippen molar-refractivity contribution >= 4 is 22.9 Å². The summed E-state index contributed by atoms with van der Waals surface area (Å²) in [6, 6.07) is 13.0. The molecule has 1 amide bonds. The maximum atomic E-state index is 12.3. The van der Waals surface area contributed by atoms with Crippen LogP contribution < -0.4 is 10.1 Å². The quantitative estimate of drug-likeness (QED) is 0.690. The van der Waals surface area contributed by atoms with E-state index < -0.39 is 0 Å². The van der Waals surface area contributed by atoms with E-state index in [0.717, 1.165) is 35.8 Å². The lowest BCUT2D eigenvalue weighted by Gasteiger charge is -2.11. The van der Waals surface area contributed by atoms with Crippen LogP contribution in [0.2, 0.25) is 0 Å². The summed E-state index contributed by atoms with van der Waals surface area (Å²) in [7, 11) is 0. The fourth-order valence-corrected chi connectivity index (χ4v) is 3.48. The number of thiophene rings is 1. The van der Waals surface area contributed by atoms with Crippen molar-refractivity contribution in [3.05, 3.63) is 53.5 Å². The number of nitrogens with zero attached hydrogens (tertiary/aromatic N) is 1. The van der Waals surface area contributed by atoms with E-state index in [1.54, 1.807) is 17.4 Å². The molecule has 1 atom stereocenters. The molecule has 3 aromatic rings. The molecule has 1 unspecified atom stereocenters. The summed E-state index contributed by atoms with van der Waals surface area (Å²) in [5, 5.41) is 11.8. The van der Waals surface area contributed by atoms with Crippen LogP contribution in [0.15, 0.2) is 47.8 Å². The molecule has 3 heterocycles. The fourth-order valence-electron chi connectivity index (χ4n) is 2.79. The number of rotatable bonds is 6. The number of benzene rings is 1. The van der Waals surface area contributed by atoms with Crippen molar-refractivity contribution in [3.63, 3.8) is 0 Å². The molecule has 7 heteroatoms. The maximum Gasteiger partial charge on any atom is 0.276 e. The molecule has 2 N–H and O–H groups in total. The highest BCUT2D eigenvalue weighted by molar-refractivity contribution is 7.13. The van der Waals surface area contributed by atoms with Crippen LogP contribution in [0.1, 0.15) is 23.3 Å². The summed E-state index contributed by atoms with van der Waals surface area (Å²) < 4.78 is 11.3. The Hall–Kier alpha value is -2.64. The predicted molar refractivity (Wildman–Crippen MR) is 101 cm³/mol. The third-order valence-electron chi connectivity index (χ3n) is 4.17. The van der Waals surface area contributed by atoms with Gasteiger partial charge in [0, 0.05) is 12.3 Å². The lowest BCUT2D eigenvalue weighted by molar-refractivity contribution is 0.0679. The molecule has 26 heavy (non-hydrogen) atoms. The van der Waals surface area contributed by atoms with Crippen molar-refractivity contribution in [2.45, 2.75) is 18.9 Å². The normalized spacial score (nSPS) is 16.5. The SMILES string of the molecule is O=C(Nc1ccc(OCC2CCCO2)cc1)c1cc(-c2cccs2)[nH]n1. The van der Waals surface area contributed by atoms with E-state index in [1.807, 2.05) is 41.8 Å². The van der Waals surface area contributed by atoms with E-state index in [1.165, 1.54) is 0 Å². The zero-order valence-corrected chi connectivity index (χ0v) is 14.9. The van der Waals surface area contributed by atoms with Crippen LogP contribution in [0.25, 0.3) is 10.6 Å². The number of aromatic amines is 1. The first-order chi connectivity index (χ1) is 12.8. The Labute approximate surface area is 155 Å². The van der Waals surface area contributed by atoms with Crippen molar-refractivity contribution in [2.75, 3.05) is 18.5 Å². The molecule has 2 aromatic heterocycles. The van der Waals surface area contributed by atoms with Gasteiger partial charge in [-0.3, -0.25) is 9.89 Å². The molecule has 6 nitrogen and oxygen atoms in total. The fraction of sp³-hybridized carbons (Fsp3) is 0.263. The Balaban J connectivity index is 1.34. The topological polar surface area (TPSA) is 76.2 Å². The second-order valence-corrected chi connectivity index (χ2v) is 7.02. The molecule has 1 aliphatic heterocycles. The van der Waals surface area contributed by atoms with Gasteiger partial charge in [0.25, 0.3) is 5.91 Å². The predicted octanol–water partition coefficient (Wildman–Crippen LogP) is 3.95. The molecule has 1 saturated heterocycles. The molecule has 1 aliphatic rings. The summed E-state index contributed by atoms with van der Waals surface area (Å²) in [6.45, 7) is 1.38. The highest BCUT2D eigenvalue weighted by atomic mass is 32.1. The molecular formula is C19H19N3O3S. The molecule has 0 aliphatic carbocycles.